The monoisotopic (exact) mass is 505 g/mol. The Bertz CT molecular complexity index is 1070. The number of benzene rings is 2. The number of nitrogens with one attached hydrogen (secondary N) is 2. The Morgan fingerprint density at radius 3 is 2.56 bits per heavy atom. The zero-order valence-electron chi connectivity index (χ0n) is 17.8. The predicted molar refractivity (Wildman–Crippen MR) is 117 cm³/mol. The molecule has 12 heteroatoms. The van der Waals surface area contributed by atoms with Gasteiger partial charge >= 0.3 is 6.18 Å². The molecule has 3 N–H and O–H groups in total. The number of carbonyl (C=O) groups is 1. The Kier molecular flexibility index (Phi) is 7.57. The largest absolute Gasteiger partial charge is 0.480 e. The lowest BCUT2D eigenvalue weighted by Crippen LogP contribution is -2.50. The number of alkyl halides is 3. The van der Waals surface area contributed by atoms with Crippen LogP contribution in [0.4, 0.5) is 33.3 Å². The summed E-state index contributed by atoms with van der Waals surface area (Å²) in [5.41, 5.74) is -1.34. The van der Waals surface area contributed by atoms with E-state index >= 15 is 0 Å². The van der Waals surface area contributed by atoms with Crippen molar-refractivity contribution < 1.29 is 36.6 Å². The van der Waals surface area contributed by atoms with E-state index in [0.29, 0.717) is 19.0 Å². The van der Waals surface area contributed by atoms with E-state index < -0.39 is 46.8 Å². The van der Waals surface area contributed by atoms with Gasteiger partial charge in [0.25, 0.3) is 5.91 Å². The number of ether oxygens (including phenoxy) is 1. The zero-order chi connectivity index (χ0) is 25.2. The van der Waals surface area contributed by atoms with Crippen molar-refractivity contribution in [2.45, 2.75) is 31.7 Å². The number of nitrogens with zero attached hydrogens (tertiary/aromatic N) is 1. The summed E-state index contributed by atoms with van der Waals surface area (Å²) in [7, 11) is 0. The number of aliphatic hydroxyl groups excluding tert-OH is 1. The van der Waals surface area contributed by atoms with E-state index in [1.165, 1.54) is 12.1 Å². The molecule has 1 fully saturated rings. The fourth-order valence-corrected chi connectivity index (χ4v) is 3.40. The van der Waals surface area contributed by atoms with Gasteiger partial charge in [-0.15, -0.1) is 0 Å². The van der Waals surface area contributed by atoms with Gasteiger partial charge in [0.05, 0.1) is 40.4 Å². The molecule has 34 heavy (non-hydrogen) atoms. The molecule has 0 aromatic heterocycles. The zero-order valence-corrected chi connectivity index (χ0v) is 18.6. The second kappa shape index (κ2) is 10.1. The number of likely N-dealkylation sites (tertiary alicyclic amines) is 1. The third kappa shape index (κ3) is 5.53. The number of carbonyl (C=O) groups excluding carboxylic acids is 1. The third-order valence-corrected chi connectivity index (χ3v) is 5.58. The molecule has 0 radical (unpaired) electrons. The highest BCUT2D eigenvalue weighted by Gasteiger charge is 2.39. The summed E-state index contributed by atoms with van der Waals surface area (Å²) in [6.07, 6.45) is -6.43. The fraction of sp³-hybridized carbons (Fsp3) is 0.318. The van der Waals surface area contributed by atoms with Crippen LogP contribution in [0.1, 0.15) is 23.7 Å². The maximum atomic E-state index is 14.9. The average molecular weight is 506 g/mol. The molecular weight excluding hydrogens is 485 g/mol. The maximum absolute atomic E-state index is 14.9. The van der Waals surface area contributed by atoms with Crippen molar-refractivity contribution in [1.82, 2.24) is 4.90 Å². The highest BCUT2D eigenvalue weighted by atomic mass is 35.5. The lowest BCUT2D eigenvalue weighted by molar-refractivity contribution is -0.189. The van der Waals surface area contributed by atoms with Gasteiger partial charge in [-0.2, -0.15) is 13.2 Å². The molecule has 1 heterocycles. The summed E-state index contributed by atoms with van der Waals surface area (Å²) in [5.74, 6) is -3.43. The Balaban J connectivity index is 1.95. The van der Waals surface area contributed by atoms with Crippen molar-refractivity contribution in [3.8, 4) is 5.75 Å². The number of hydrogen-bond acceptors (Lipinski definition) is 5. The van der Waals surface area contributed by atoms with Gasteiger partial charge in [-0.3, -0.25) is 4.79 Å². The van der Waals surface area contributed by atoms with Crippen LogP contribution < -0.4 is 15.4 Å². The molecule has 2 aromatic rings. The molecule has 2 aromatic carbocycles. The minimum atomic E-state index is -4.78. The molecule has 1 saturated heterocycles. The van der Waals surface area contributed by atoms with Crippen LogP contribution in [-0.4, -0.2) is 47.4 Å². The van der Waals surface area contributed by atoms with E-state index in [1.807, 2.05) is 0 Å². The van der Waals surface area contributed by atoms with Crippen LogP contribution >= 0.6 is 11.6 Å². The van der Waals surface area contributed by atoms with Gasteiger partial charge in [-0.25, -0.2) is 8.78 Å². The van der Waals surface area contributed by atoms with Crippen LogP contribution in [0.2, 0.25) is 5.02 Å². The highest BCUT2D eigenvalue weighted by molar-refractivity contribution is 6.34. The van der Waals surface area contributed by atoms with E-state index in [9.17, 15) is 31.9 Å². The van der Waals surface area contributed by atoms with Crippen LogP contribution in [0.25, 0.3) is 0 Å². The Morgan fingerprint density at radius 1 is 1.29 bits per heavy atom. The molecule has 1 aliphatic rings. The number of halogens is 6. The van der Waals surface area contributed by atoms with Gasteiger partial charge in [0.15, 0.2) is 6.10 Å². The first-order valence-corrected chi connectivity index (χ1v) is 10.5. The van der Waals surface area contributed by atoms with Crippen molar-refractivity contribution in [2.24, 2.45) is 0 Å². The molecule has 1 unspecified atom stereocenters. The van der Waals surface area contributed by atoms with Crippen molar-refractivity contribution in [3.63, 3.8) is 0 Å². The molecule has 184 valence electrons. The van der Waals surface area contributed by atoms with Gasteiger partial charge < -0.3 is 25.4 Å². The topological polar surface area (TPSA) is 73.8 Å². The van der Waals surface area contributed by atoms with Crippen LogP contribution in [0, 0.1) is 11.6 Å². The maximum Gasteiger partial charge on any atom is 0.425 e. The molecule has 3 rings (SSSR count). The van der Waals surface area contributed by atoms with E-state index in [1.54, 1.807) is 4.90 Å². The number of anilines is 2. The Labute approximate surface area is 197 Å². The summed E-state index contributed by atoms with van der Waals surface area (Å²) in [4.78, 5) is 14.4. The predicted octanol–water partition coefficient (Wildman–Crippen LogP) is 5.15. The van der Waals surface area contributed by atoms with Gasteiger partial charge in [-0.1, -0.05) is 24.2 Å². The molecular formula is C22H21ClF5N3O3. The van der Waals surface area contributed by atoms with Crippen LogP contribution in [0.3, 0.4) is 0 Å². The van der Waals surface area contributed by atoms with E-state index in [-0.39, 0.29) is 29.2 Å². The quantitative estimate of drug-likeness (QED) is 0.433. The number of para-hydroxylation sites is 1. The molecule has 0 spiro atoms. The molecule has 2 atom stereocenters. The lowest BCUT2D eigenvalue weighted by Gasteiger charge is -2.43. The molecule has 1 amide bonds. The first-order chi connectivity index (χ1) is 15.9. The second-order valence-electron chi connectivity index (χ2n) is 7.57. The molecule has 0 bridgehead atoms. The first kappa shape index (κ1) is 25.6. The molecule has 1 aliphatic heterocycles. The number of aliphatic hydroxyl groups is 1. The second-order valence-corrected chi connectivity index (χ2v) is 7.98. The van der Waals surface area contributed by atoms with Gasteiger partial charge in [0, 0.05) is 12.6 Å². The third-order valence-electron chi connectivity index (χ3n) is 5.26. The minimum absolute atomic E-state index is 0.154. The Morgan fingerprint density at radius 2 is 2.00 bits per heavy atom. The normalized spacial score (nSPS) is 16.5. The minimum Gasteiger partial charge on any atom is -0.480 e. The standard InChI is InChI=1S/C22H21ClF5N3O3/c1-11(22(26,27)28)34-19-9-18(29-12(2)31-7-6-13(31)10-32)17(25)8-14(19)21(33)30-20-15(23)4-3-5-16(20)24/h3-5,8-9,11,13,29,32H,2,6-7,10H2,1H3,(H,30,33)/t11-,13?/m0/s1. The van der Waals surface area contributed by atoms with Gasteiger partial charge in [0.2, 0.25) is 0 Å². The summed E-state index contributed by atoms with van der Waals surface area (Å²) < 4.78 is 73.2. The summed E-state index contributed by atoms with van der Waals surface area (Å²) in [5, 5.41) is 13.9. The van der Waals surface area contributed by atoms with Crippen molar-refractivity contribution in [2.75, 3.05) is 23.8 Å². The average Bonchev–Trinajstić information content (AvgIpc) is 2.71. The molecule has 6 nitrogen and oxygen atoms in total. The van der Waals surface area contributed by atoms with Crippen LogP contribution in [0.5, 0.6) is 5.75 Å². The first-order valence-electron chi connectivity index (χ1n) is 10.1. The van der Waals surface area contributed by atoms with Crippen LogP contribution in [0.15, 0.2) is 42.7 Å². The summed E-state index contributed by atoms with van der Waals surface area (Å²) in [6, 6.07) is 4.92. The fourth-order valence-electron chi connectivity index (χ4n) is 3.19. The number of hydrogen-bond donors (Lipinski definition) is 3. The van der Waals surface area contributed by atoms with Crippen molar-refractivity contribution in [3.05, 3.63) is 65.0 Å². The summed E-state index contributed by atoms with van der Waals surface area (Å²) in [6.45, 7) is 4.86. The molecule has 0 aliphatic carbocycles. The lowest BCUT2D eigenvalue weighted by atomic mass is 10.0. The number of amides is 1. The smallest absolute Gasteiger partial charge is 0.425 e. The van der Waals surface area contributed by atoms with E-state index in [4.69, 9.17) is 16.3 Å². The Hall–Kier alpha value is -3.05. The number of rotatable bonds is 8. The van der Waals surface area contributed by atoms with Crippen LogP contribution in [-0.2, 0) is 0 Å². The van der Waals surface area contributed by atoms with E-state index in [2.05, 4.69) is 17.2 Å². The van der Waals surface area contributed by atoms with E-state index in [0.717, 1.165) is 19.1 Å². The molecule has 0 saturated carbocycles. The SMILES string of the molecule is C=C(Nc1cc(O[C@@H](C)C(F)(F)F)c(C(=O)Nc2c(F)cccc2Cl)cc1F)N1CCC1CO. The van der Waals surface area contributed by atoms with Gasteiger partial charge in [-0.05, 0) is 31.5 Å². The highest BCUT2D eigenvalue weighted by Crippen LogP contribution is 2.34. The van der Waals surface area contributed by atoms with Crippen molar-refractivity contribution >= 4 is 28.9 Å². The van der Waals surface area contributed by atoms with Crippen molar-refractivity contribution in [1.29, 1.82) is 0 Å². The summed E-state index contributed by atoms with van der Waals surface area (Å²) >= 11 is 5.88. The van der Waals surface area contributed by atoms with Gasteiger partial charge in [0.1, 0.15) is 17.4 Å².